The number of fused-ring (bicyclic) bond motifs is 1. The summed E-state index contributed by atoms with van der Waals surface area (Å²) in [5.74, 6) is -0.378. The van der Waals surface area contributed by atoms with E-state index in [9.17, 15) is 14.0 Å². The topological polar surface area (TPSA) is 58.6 Å². The van der Waals surface area contributed by atoms with Gasteiger partial charge in [-0.25, -0.2) is 4.39 Å². The van der Waals surface area contributed by atoms with Gasteiger partial charge in [-0.15, -0.1) is 0 Å². The van der Waals surface area contributed by atoms with E-state index < -0.39 is 11.9 Å². The molecule has 0 bridgehead atoms. The molecule has 2 aromatic carbocycles. The minimum Gasteiger partial charge on any atom is -0.478 e. The summed E-state index contributed by atoms with van der Waals surface area (Å²) >= 11 is 5.71. The number of hydrogen-bond donors (Lipinski definition) is 1. The third-order valence-electron chi connectivity index (χ3n) is 4.10. The molecular formula is C19H18ClFN2O3. The van der Waals surface area contributed by atoms with Crippen molar-refractivity contribution in [1.82, 2.24) is 0 Å². The molecule has 0 spiro atoms. The third-order valence-corrected chi connectivity index (χ3v) is 4.39. The van der Waals surface area contributed by atoms with Crippen LogP contribution in [0.5, 0.6) is 5.75 Å². The first-order valence-corrected chi connectivity index (χ1v) is 8.69. The zero-order valence-corrected chi connectivity index (χ0v) is 14.9. The first-order valence-electron chi connectivity index (χ1n) is 8.31. The number of carbonyl (C=O) groups is 2. The Labute approximate surface area is 155 Å². The van der Waals surface area contributed by atoms with Crippen LogP contribution in [-0.2, 0) is 9.59 Å². The fraction of sp³-hybridized carbons (Fsp3) is 0.263. The Kier molecular flexibility index (Phi) is 5.42. The van der Waals surface area contributed by atoms with Gasteiger partial charge in [-0.1, -0.05) is 30.7 Å². The van der Waals surface area contributed by atoms with Crippen LogP contribution in [0.4, 0.5) is 15.8 Å². The fourth-order valence-corrected chi connectivity index (χ4v) is 2.96. The maximum atomic E-state index is 13.2. The molecule has 1 N–H and O–H groups in total. The normalized spacial score (nSPS) is 16.0. The molecule has 5 nitrogen and oxygen atoms in total. The van der Waals surface area contributed by atoms with Gasteiger partial charge in [0.2, 0.25) is 5.91 Å². The lowest BCUT2D eigenvalue weighted by atomic mass is 10.1. The lowest BCUT2D eigenvalue weighted by Crippen LogP contribution is -2.46. The zero-order valence-electron chi connectivity index (χ0n) is 14.2. The molecule has 0 saturated carbocycles. The summed E-state index contributed by atoms with van der Waals surface area (Å²) in [4.78, 5) is 26.4. The van der Waals surface area contributed by atoms with Gasteiger partial charge in [-0.2, -0.15) is 0 Å². The van der Waals surface area contributed by atoms with Crippen molar-refractivity contribution >= 4 is 34.8 Å². The number of amides is 2. The molecule has 1 aliphatic rings. The van der Waals surface area contributed by atoms with Gasteiger partial charge < -0.3 is 15.0 Å². The van der Waals surface area contributed by atoms with Gasteiger partial charge in [0, 0.05) is 18.7 Å². The number of para-hydroxylation sites is 2. The van der Waals surface area contributed by atoms with Gasteiger partial charge in [0.1, 0.15) is 11.6 Å². The maximum Gasteiger partial charge on any atom is 0.268 e. The van der Waals surface area contributed by atoms with E-state index >= 15 is 0 Å². The quantitative estimate of drug-likeness (QED) is 0.857. The van der Waals surface area contributed by atoms with Crippen LogP contribution in [0.1, 0.15) is 19.8 Å². The summed E-state index contributed by atoms with van der Waals surface area (Å²) < 4.78 is 18.9. The van der Waals surface area contributed by atoms with Crippen molar-refractivity contribution in [1.29, 1.82) is 0 Å². The third kappa shape index (κ3) is 3.80. The Morgan fingerprint density at radius 2 is 2.08 bits per heavy atom. The minimum atomic E-state index is -0.552. The lowest BCUT2D eigenvalue weighted by molar-refractivity contribution is -0.126. The van der Waals surface area contributed by atoms with Crippen molar-refractivity contribution in [2.24, 2.45) is 0 Å². The van der Waals surface area contributed by atoms with E-state index in [1.807, 2.05) is 19.1 Å². The van der Waals surface area contributed by atoms with E-state index in [-0.39, 0.29) is 29.8 Å². The van der Waals surface area contributed by atoms with E-state index in [0.717, 1.165) is 0 Å². The number of halogens is 2. The Hall–Kier alpha value is -2.60. The van der Waals surface area contributed by atoms with Gasteiger partial charge in [0.05, 0.1) is 10.7 Å². The molecule has 1 atom stereocenters. The van der Waals surface area contributed by atoms with E-state index in [2.05, 4.69) is 5.32 Å². The Balaban J connectivity index is 1.68. The highest BCUT2D eigenvalue weighted by Crippen LogP contribution is 2.34. The monoisotopic (exact) mass is 376 g/mol. The lowest BCUT2D eigenvalue weighted by Gasteiger charge is -2.33. The van der Waals surface area contributed by atoms with E-state index in [0.29, 0.717) is 23.5 Å². The predicted molar refractivity (Wildman–Crippen MR) is 98.2 cm³/mol. The van der Waals surface area contributed by atoms with Crippen LogP contribution in [0.15, 0.2) is 42.5 Å². The molecule has 136 valence electrons. The number of hydrogen-bond acceptors (Lipinski definition) is 3. The standard InChI is InChI=1S/C19H18ClFN2O3/c1-2-16-19(25)23(15-5-3-4-6-17(15)26-16)10-9-18(24)22-12-7-8-14(21)13(20)11-12/h3-8,11,16H,2,9-10H2,1H3,(H,22,24). The number of carbonyl (C=O) groups excluding carboxylic acids is 2. The van der Waals surface area contributed by atoms with Gasteiger partial charge in [-0.05, 0) is 36.8 Å². The number of nitrogens with zero attached hydrogens (tertiary/aromatic N) is 1. The molecular weight excluding hydrogens is 359 g/mol. The van der Waals surface area contributed by atoms with Crippen molar-refractivity contribution in [3.8, 4) is 5.75 Å². The van der Waals surface area contributed by atoms with Crippen molar-refractivity contribution < 1.29 is 18.7 Å². The van der Waals surface area contributed by atoms with Gasteiger partial charge >= 0.3 is 0 Å². The molecule has 1 aliphatic heterocycles. The number of rotatable bonds is 5. The highest BCUT2D eigenvalue weighted by Gasteiger charge is 2.33. The van der Waals surface area contributed by atoms with E-state index in [4.69, 9.17) is 16.3 Å². The van der Waals surface area contributed by atoms with Crippen molar-refractivity contribution in [2.75, 3.05) is 16.8 Å². The van der Waals surface area contributed by atoms with Crippen LogP contribution < -0.4 is 15.0 Å². The summed E-state index contributed by atoms with van der Waals surface area (Å²) in [6, 6.07) is 11.2. The minimum absolute atomic E-state index is 0.0640. The first kappa shape index (κ1) is 18.2. The van der Waals surface area contributed by atoms with Gasteiger partial charge in [0.15, 0.2) is 6.10 Å². The summed E-state index contributed by atoms with van der Waals surface area (Å²) in [6.07, 6.45) is 0.0824. The van der Waals surface area contributed by atoms with Crippen LogP contribution in [0.25, 0.3) is 0 Å². The molecule has 1 unspecified atom stereocenters. The van der Waals surface area contributed by atoms with Crippen LogP contribution >= 0.6 is 11.6 Å². The van der Waals surface area contributed by atoms with Gasteiger partial charge in [0.25, 0.3) is 5.91 Å². The molecule has 0 saturated heterocycles. The first-order chi connectivity index (χ1) is 12.5. The average Bonchev–Trinajstić information content (AvgIpc) is 2.63. The fourth-order valence-electron chi connectivity index (χ4n) is 2.78. The Bertz CT molecular complexity index is 843. The number of benzene rings is 2. The van der Waals surface area contributed by atoms with Crippen LogP contribution in [0.3, 0.4) is 0 Å². The molecule has 0 aromatic heterocycles. The van der Waals surface area contributed by atoms with E-state index in [1.165, 1.54) is 18.2 Å². The molecule has 0 radical (unpaired) electrons. The highest BCUT2D eigenvalue weighted by atomic mass is 35.5. The van der Waals surface area contributed by atoms with Crippen LogP contribution in [0, 0.1) is 5.82 Å². The smallest absolute Gasteiger partial charge is 0.268 e. The highest BCUT2D eigenvalue weighted by molar-refractivity contribution is 6.31. The average molecular weight is 377 g/mol. The molecule has 26 heavy (non-hydrogen) atoms. The molecule has 7 heteroatoms. The van der Waals surface area contributed by atoms with Crippen LogP contribution in [0.2, 0.25) is 5.02 Å². The number of anilines is 2. The predicted octanol–water partition coefficient (Wildman–Crippen LogP) is 4.01. The number of nitrogens with one attached hydrogen (secondary N) is 1. The Morgan fingerprint density at radius 3 is 2.81 bits per heavy atom. The van der Waals surface area contributed by atoms with E-state index in [1.54, 1.807) is 17.0 Å². The summed E-state index contributed by atoms with van der Waals surface area (Å²) in [5, 5.41) is 2.59. The molecule has 2 amide bonds. The molecule has 2 aromatic rings. The van der Waals surface area contributed by atoms with Crippen molar-refractivity contribution in [2.45, 2.75) is 25.9 Å². The number of ether oxygens (including phenoxy) is 1. The maximum absolute atomic E-state index is 13.2. The SMILES string of the molecule is CCC1Oc2ccccc2N(CCC(=O)Nc2ccc(F)c(Cl)c2)C1=O. The van der Waals surface area contributed by atoms with Crippen LogP contribution in [-0.4, -0.2) is 24.5 Å². The largest absolute Gasteiger partial charge is 0.478 e. The molecule has 0 fully saturated rings. The second kappa shape index (κ2) is 7.74. The Morgan fingerprint density at radius 1 is 1.31 bits per heavy atom. The summed E-state index contributed by atoms with van der Waals surface area (Å²) in [6.45, 7) is 2.09. The van der Waals surface area contributed by atoms with Crippen molar-refractivity contribution in [3.63, 3.8) is 0 Å². The second-order valence-corrected chi connectivity index (χ2v) is 6.31. The second-order valence-electron chi connectivity index (χ2n) is 5.90. The van der Waals surface area contributed by atoms with Gasteiger partial charge in [-0.3, -0.25) is 9.59 Å². The molecule has 3 rings (SSSR count). The zero-order chi connectivity index (χ0) is 18.7. The summed E-state index contributed by atoms with van der Waals surface area (Å²) in [7, 11) is 0. The molecule has 0 aliphatic carbocycles. The van der Waals surface area contributed by atoms with Crippen molar-refractivity contribution in [3.05, 3.63) is 53.3 Å². The summed E-state index contributed by atoms with van der Waals surface area (Å²) in [5.41, 5.74) is 1.06. The molecule has 1 heterocycles.